The maximum Gasteiger partial charge on any atom is 0.255 e. The van der Waals surface area contributed by atoms with Gasteiger partial charge in [-0.25, -0.2) is 0 Å². The molecule has 0 bridgehead atoms. The first-order chi connectivity index (χ1) is 12.0. The third kappa shape index (κ3) is 3.55. The molecule has 0 saturated carbocycles. The summed E-state index contributed by atoms with van der Waals surface area (Å²) in [4.78, 5) is 37.4. The fraction of sp³-hybridized carbons (Fsp3) is 0.471. The van der Waals surface area contributed by atoms with Crippen LogP contribution in [0.25, 0.3) is 0 Å². The Hall–Kier alpha value is -2.29. The van der Waals surface area contributed by atoms with Crippen molar-refractivity contribution in [3.8, 4) is 0 Å². The third-order valence-electron chi connectivity index (χ3n) is 4.69. The number of imide groups is 1. The van der Waals surface area contributed by atoms with Crippen molar-refractivity contribution in [2.45, 2.75) is 38.0 Å². The molecule has 5 N–H and O–H groups in total. The third-order valence-corrected chi connectivity index (χ3v) is 4.69. The van der Waals surface area contributed by atoms with E-state index in [4.69, 9.17) is 10.8 Å². The molecule has 0 aliphatic carbocycles. The Kier molecular flexibility index (Phi) is 5.12. The number of nitrogens with zero attached hydrogens (tertiary/aromatic N) is 1. The second-order valence-electron chi connectivity index (χ2n) is 6.39. The van der Waals surface area contributed by atoms with Crippen LogP contribution in [0.3, 0.4) is 0 Å². The zero-order valence-electron chi connectivity index (χ0n) is 13.8. The number of nitrogens with one attached hydrogen (secondary N) is 2. The van der Waals surface area contributed by atoms with Gasteiger partial charge in [-0.2, -0.15) is 0 Å². The Balaban J connectivity index is 1.71. The van der Waals surface area contributed by atoms with E-state index >= 15 is 0 Å². The van der Waals surface area contributed by atoms with Gasteiger partial charge in [0.1, 0.15) is 6.04 Å². The van der Waals surface area contributed by atoms with E-state index in [1.165, 1.54) is 4.90 Å². The molecule has 1 fully saturated rings. The Bertz CT molecular complexity index is 702. The highest BCUT2D eigenvalue weighted by Crippen LogP contribution is 2.28. The minimum Gasteiger partial charge on any atom is -0.395 e. The molecular formula is C17H22N4O4. The molecule has 0 aromatic heterocycles. The number of carbonyl (C=O) groups is 3. The monoisotopic (exact) mass is 346 g/mol. The molecule has 25 heavy (non-hydrogen) atoms. The van der Waals surface area contributed by atoms with Crippen LogP contribution in [-0.4, -0.2) is 53.0 Å². The van der Waals surface area contributed by atoms with E-state index in [-0.39, 0.29) is 30.9 Å². The van der Waals surface area contributed by atoms with Gasteiger partial charge >= 0.3 is 0 Å². The summed E-state index contributed by atoms with van der Waals surface area (Å²) < 4.78 is 0. The molecule has 2 aliphatic rings. The average Bonchev–Trinajstić information content (AvgIpc) is 2.92. The van der Waals surface area contributed by atoms with Gasteiger partial charge < -0.3 is 21.1 Å². The molecule has 1 aromatic carbocycles. The number of nitrogens with two attached hydrogens (primary N) is 1. The SMILES string of the molecule is NC[C@H](CO)NCc1ccc2c(c1)CN(C1CCC(=O)NC1=O)C2=O. The summed E-state index contributed by atoms with van der Waals surface area (Å²) in [6.45, 7) is 1.18. The van der Waals surface area contributed by atoms with E-state index < -0.39 is 11.9 Å². The van der Waals surface area contributed by atoms with E-state index in [9.17, 15) is 14.4 Å². The van der Waals surface area contributed by atoms with Crippen LogP contribution in [0.15, 0.2) is 18.2 Å². The van der Waals surface area contributed by atoms with Crippen LogP contribution in [0.4, 0.5) is 0 Å². The molecule has 1 aromatic rings. The molecule has 0 radical (unpaired) electrons. The number of piperidine rings is 1. The highest BCUT2D eigenvalue weighted by atomic mass is 16.3. The first-order valence-electron chi connectivity index (χ1n) is 8.34. The van der Waals surface area contributed by atoms with Crippen molar-refractivity contribution in [2.24, 2.45) is 5.73 Å². The van der Waals surface area contributed by atoms with Crippen LogP contribution >= 0.6 is 0 Å². The lowest BCUT2D eigenvalue weighted by Gasteiger charge is -2.29. The number of hydrogen-bond donors (Lipinski definition) is 4. The predicted octanol–water partition coefficient (Wildman–Crippen LogP) is -1.14. The van der Waals surface area contributed by atoms with Crippen LogP contribution in [0.5, 0.6) is 0 Å². The molecule has 3 amide bonds. The van der Waals surface area contributed by atoms with E-state index in [0.29, 0.717) is 31.6 Å². The van der Waals surface area contributed by atoms with Gasteiger partial charge in [0.2, 0.25) is 11.8 Å². The Morgan fingerprint density at radius 3 is 2.84 bits per heavy atom. The fourth-order valence-electron chi connectivity index (χ4n) is 3.22. The zero-order valence-corrected chi connectivity index (χ0v) is 13.8. The summed E-state index contributed by atoms with van der Waals surface area (Å²) in [7, 11) is 0. The summed E-state index contributed by atoms with van der Waals surface area (Å²) in [5.41, 5.74) is 7.97. The molecule has 1 unspecified atom stereocenters. The van der Waals surface area contributed by atoms with Crippen molar-refractivity contribution >= 4 is 17.7 Å². The maximum atomic E-state index is 12.6. The quantitative estimate of drug-likeness (QED) is 0.483. The van der Waals surface area contributed by atoms with Crippen molar-refractivity contribution in [3.63, 3.8) is 0 Å². The van der Waals surface area contributed by atoms with E-state index in [2.05, 4.69) is 10.6 Å². The Labute approximate surface area is 145 Å². The van der Waals surface area contributed by atoms with Crippen LogP contribution < -0.4 is 16.4 Å². The molecule has 8 nitrogen and oxygen atoms in total. The van der Waals surface area contributed by atoms with Crippen LogP contribution in [0, 0.1) is 0 Å². The largest absolute Gasteiger partial charge is 0.395 e. The first kappa shape index (κ1) is 17.5. The Morgan fingerprint density at radius 2 is 2.16 bits per heavy atom. The van der Waals surface area contributed by atoms with E-state index in [1.807, 2.05) is 12.1 Å². The van der Waals surface area contributed by atoms with Gasteiger partial charge in [0.15, 0.2) is 0 Å². The minimum absolute atomic E-state index is 0.0385. The van der Waals surface area contributed by atoms with Gasteiger partial charge in [0.05, 0.1) is 6.61 Å². The summed E-state index contributed by atoms with van der Waals surface area (Å²) in [5.74, 6) is -0.885. The smallest absolute Gasteiger partial charge is 0.255 e. The van der Waals surface area contributed by atoms with Gasteiger partial charge in [0.25, 0.3) is 5.91 Å². The summed E-state index contributed by atoms with van der Waals surface area (Å²) in [5, 5.41) is 14.6. The maximum absolute atomic E-state index is 12.6. The predicted molar refractivity (Wildman–Crippen MR) is 89.3 cm³/mol. The van der Waals surface area contributed by atoms with E-state index in [1.54, 1.807) is 6.07 Å². The normalized spacial score (nSPS) is 21.3. The van der Waals surface area contributed by atoms with Gasteiger partial charge in [-0.3, -0.25) is 19.7 Å². The summed E-state index contributed by atoms with van der Waals surface area (Å²) in [6.07, 6.45) is 0.598. The van der Waals surface area contributed by atoms with E-state index in [0.717, 1.165) is 11.1 Å². The highest BCUT2D eigenvalue weighted by Gasteiger charge is 2.38. The summed E-state index contributed by atoms with van der Waals surface area (Å²) >= 11 is 0. The van der Waals surface area contributed by atoms with Crippen LogP contribution in [-0.2, 0) is 22.7 Å². The van der Waals surface area contributed by atoms with Crippen LogP contribution in [0.1, 0.15) is 34.3 Å². The molecule has 2 aliphatic heterocycles. The van der Waals surface area contributed by atoms with Crippen LogP contribution in [0.2, 0.25) is 0 Å². The van der Waals surface area contributed by atoms with Gasteiger partial charge in [-0.15, -0.1) is 0 Å². The van der Waals surface area contributed by atoms with Gasteiger partial charge in [0, 0.05) is 37.7 Å². The molecule has 3 rings (SSSR count). The minimum atomic E-state index is -0.602. The number of hydrogen-bond acceptors (Lipinski definition) is 6. The van der Waals surface area contributed by atoms with Crippen molar-refractivity contribution in [1.29, 1.82) is 0 Å². The van der Waals surface area contributed by atoms with Crippen molar-refractivity contribution in [2.75, 3.05) is 13.2 Å². The van der Waals surface area contributed by atoms with Gasteiger partial charge in [-0.1, -0.05) is 12.1 Å². The lowest BCUT2D eigenvalue weighted by atomic mass is 10.0. The highest BCUT2D eigenvalue weighted by molar-refractivity contribution is 6.05. The number of benzene rings is 1. The molecule has 134 valence electrons. The standard InChI is InChI=1S/C17H22N4O4/c18-6-12(9-22)19-7-10-1-2-13-11(5-10)8-21(17(13)25)14-3-4-15(23)20-16(14)24/h1-2,5,12,14,19,22H,3-4,6-9,18H2,(H,20,23,24)/t12-,14?/m1/s1. The molecule has 0 spiro atoms. The molecule has 1 saturated heterocycles. The number of carbonyl (C=O) groups excluding carboxylic acids is 3. The van der Waals surface area contributed by atoms with Crippen molar-refractivity contribution in [3.05, 3.63) is 34.9 Å². The molecule has 2 heterocycles. The number of fused-ring (bicyclic) bond motifs is 1. The Morgan fingerprint density at radius 1 is 1.36 bits per heavy atom. The molecule has 8 heteroatoms. The van der Waals surface area contributed by atoms with Crippen molar-refractivity contribution < 1.29 is 19.5 Å². The topological polar surface area (TPSA) is 125 Å². The second kappa shape index (κ2) is 7.30. The number of aliphatic hydroxyl groups excluding tert-OH is 1. The lowest BCUT2D eigenvalue weighted by molar-refractivity contribution is -0.136. The van der Waals surface area contributed by atoms with Gasteiger partial charge in [-0.05, 0) is 23.6 Å². The number of rotatable bonds is 6. The second-order valence-corrected chi connectivity index (χ2v) is 6.39. The zero-order chi connectivity index (χ0) is 18.0. The average molecular weight is 346 g/mol. The fourth-order valence-corrected chi connectivity index (χ4v) is 3.22. The lowest BCUT2D eigenvalue weighted by Crippen LogP contribution is -2.52. The number of aliphatic hydroxyl groups is 1. The first-order valence-corrected chi connectivity index (χ1v) is 8.34. The molecular weight excluding hydrogens is 324 g/mol. The molecule has 2 atom stereocenters. The summed E-state index contributed by atoms with van der Waals surface area (Å²) in [6, 6.07) is 4.77. The van der Waals surface area contributed by atoms with Crippen molar-refractivity contribution in [1.82, 2.24) is 15.5 Å². The number of amides is 3.